The lowest BCUT2D eigenvalue weighted by Crippen LogP contribution is -2.14. The summed E-state index contributed by atoms with van der Waals surface area (Å²) in [5.41, 5.74) is 1.21. The third-order valence-corrected chi connectivity index (χ3v) is 1.79. The summed E-state index contributed by atoms with van der Waals surface area (Å²) in [6.07, 6.45) is 6.66. The molecule has 0 fully saturated rings. The number of hydrogen-bond donors (Lipinski definition) is 0. The standard InChI is InChI=1S/C8H11BO2/c1-11-8(10)6-2-4-7(9)5-3-6/h2,4-6H,3,9H2,1H3. The summed E-state index contributed by atoms with van der Waals surface area (Å²) >= 11 is 0. The van der Waals surface area contributed by atoms with Gasteiger partial charge in [0, 0.05) is 0 Å². The number of carbonyl (C=O) groups excluding carboxylic acids is 1. The van der Waals surface area contributed by atoms with E-state index in [1.165, 1.54) is 12.6 Å². The zero-order valence-electron chi connectivity index (χ0n) is 6.83. The van der Waals surface area contributed by atoms with Crippen molar-refractivity contribution >= 4 is 13.8 Å². The molecule has 1 aliphatic carbocycles. The van der Waals surface area contributed by atoms with Crippen LogP contribution in [0.25, 0.3) is 0 Å². The third-order valence-electron chi connectivity index (χ3n) is 1.79. The molecule has 0 saturated heterocycles. The lowest BCUT2D eigenvalue weighted by Gasteiger charge is -2.11. The van der Waals surface area contributed by atoms with Gasteiger partial charge in [-0.1, -0.05) is 23.7 Å². The molecule has 0 aromatic heterocycles. The molecule has 1 aliphatic rings. The van der Waals surface area contributed by atoms with Crippen molar-refractivity contribution in [3.8, 4) is 0 Å². The van der Waals surface area contributed by atoms with Crippen molar-refractivity contribution in [3.05, 3.63) is 23.7 Å². The minimum Gasteiger partial charge on any atom is -0.469 e. The van der Waals surface area contributed by atoms with Gasteiger partial charge < -0.3 is 4.74 Å². The largest absolute Gasteiger partial charge is 0.469 e. The maximum absolute atomic E-state index is 11.0. The molecule has 0 bridgehead atoms. The fourth-order valence-corrected chi connectivity index (χ4v) is 1.05. The molecule has 11 heavy (non-hydrogen) atoms. The average molecular weight is 150 g/mol. The van der Waals surface area contributed by atoms with Crippen LogP contribution in [0, 0.1) is 5.92 Å². The first-order chi connectivity index (χ1) is 5.24. The van der Waals surface area contributed by atoms with Crippen molar-refractivity contribution in [1.29, 1.82) is 0 Å². The highest BCUT2D eigenvalue weighted by Gasteiger charge is 2.15. The summed E-state index contributed by atoms with van der Waals surface area (Å²) in [5, 5.41) is 0. The van der Waals surface area contributed by atoms with Crippen LogP contribution in [0.4, 0.5) is 0 Å². The van der Waals surface area contributed by atoms with Crippen LogP contribution in [0.15, 0.2) is 23.7 Å². The number of hydrogen-bond acceptors (Lipinski definition) is 2. The lowest BCUT2D eigenvalue weighted by molar-refractivity contribution is -0.143. The average Bonchev–Trinajstić information content (AvgIpc) is 2.05. The van der Waals surface area contributed by atoms with Crippen LogP contribution in [0.2, 0.25) is 0 Å². The molecule has 0 N–H and O–H groups in total. The van der Waals surface area contributed by atoms with Gasteiger partial charge in [0.15, 0.2) is 0 Å². The number of methoxy groups -OCH3 is 1. The number of ether oxygens (including phenoxy) is 1. The number of allylic oxidation sites excluding steroid dienone is 3. The smallest absolute Gasteiger partial charge is 0.312 e. The molecular weight excluding hydrogens is 139 g/mol. The van der Waals surface area contributed by atoms with Crippen LogP contribution in [-0.2, 0) is 9.53 Å². The third kappa shape index (κ3) is 1.97. The van der Waals surface area contributed by atoms with Crippen LogP contribution in [0.1, 0.15) is 6.42 Å². The molecular formula is C8H11BO2. The Bertz CT molecular complexity index is 218. The molecule has 0 radical (unpaired) electrons. The second-order valence-corrected chi connectivity index (χ2v) is 2.67. The van der Waals surface area contributed by atoms with Gasteiger partial charge >= 0.3 is 5.97 Å². The number of rotatable bonds is 1. The Labute approximate surface area is 67.3 Å². The molecule has 0 aromatic rings. The molecule has 1 rings (SSSR count). The Morgan fingerprint density at radius 2 is 2.55 bits per heavy atom. The highest BCUT2D eigenvalue weighted by molar-refractivity contribution is 6.23. The molecule has 0 aliphatic heterocycles. The van der Waals surface area contributed by atoms with Crippen molar-refractivity contribution in [1.82, 2.24) is 0 Å². The first kappa shape index (κ1) is 8.11. The Morgan fingerprint density at radius 3 is 3.00 bits per heavy atom. The monoisotopic (exact) mass is 150 g/mol. The maximum Gasteiger partial charge on any atom is 0.312 e. The van der Waals surface area contributed by atoms with Gasteiger partial charge in [0.05, 0.1) is 13.0 Å². The van der Waals surface area contributed by atoms with E-state index in [-0.39, 0.29) is 11.9 Å². The maximum atomic E-state index is 11.0. The topological polar surface area (TPSA) is 26.3 Å². The van der Waals surface area contributed by atoms with Crippen LogP contribution in [-0.4, -0.2) is 20.9 Å². The van der Waals surface area contributed by atoms with E-state index in [0.717, 1.165) is 6.42 Å². The zero-order chi connectivity index (χ0) is 8.27. The summed E-state index contributed by atoms with van der Waals surface area (Å²) in [5.74, 6) is -0.214. The van der Waals surface area contributed by atoms with Crippen molar-refractivity contribution in [2.75, 3.05) is 7.11 Å². The van der Waals surface area contributed by atoms with Gasteiger partial charge in [0.25, 0.3) is 0 Å². The Morgan fingerprint density at radius 1 is 1.82 bits per heavy atom. The normalized spacial score (nSPS) is 22.6. The summed E-state index contributed by atoms with van der Waals surface area (Å²) < 4.78 is 4.61. The van der Waals surface area contributed by atoms with Gasteiger partial charge in [0.1, 0.15) is 7.85 Å². The molecule has 58 valence electrons. The molecule has 1 unspecified atom stereocenters. The van der Waals surface area contributed by atoms with E-state index < -0.39 is 0 Å². The van der Waals surface area contributed by atoms with Gasteiger partial charge in [-0.05, 0) is 6.42 Å². The van der Waals surface area contributed by atoms with Crippen LogP contribution < -0.4 is 0 Å². The van der Waals surface area contributed by atoms with Crippen molar-refractivity contribution < 1.29 is 9.53 Å². The van der Waals surface area contributed by atoms with Gasteiger partial charge in [-0.3, -0.25) is 4.79 Å². The van der Waals surface area contributed by atoms with E-state index in [2.05, 4.69) is 4.74 Å². The second kappa shape index (κ2) is 3.42. The highest BCUT2D eigenvalue weighted by Crippen LogP contribution is 2.15. The Balaban J connectivity index is 2.55. The van der Waals surface area contributed by atoms with Crippen LogP contribution in [0.5, 0.6) is 0 Å². The predicted molar refractivity (Wildman–Crippen MR) is 45.9 cm³/mol. The molecule has 3 heteroatoms. The van der Waals surface area contributed by atoms with E-state index in [4.69, 9.17) is 0 Å². The van der Waals surface area contributed by atoms with Crippen molar-refractivity contribution in [2.45, 2.75) is 6.42 Å². The summed E-state index contributed by atoms with van der Waals surface area (Å²) in [7, 11) is 3.44. The number of carbonyl (C=O) groups is 1. The molecule has 0 spiro atoms. The molecule has 0 aromatic carbocycles. The summed E-state index contributed by atoms with van der Waals surface area (Å²) in [6.45, 7) is 0. The highest BCUT2D eigenvalue weighted by atomic mass is 16.5. The predicted octanol–water partition coefficient (Wildman–Crippen LogP) is 0.252. The van der Waals surface area contributed by atoms with Crippen molar-refractivity contribution in [2.24, 2.45) is 5.92 Å². The van der Waals surface area contributed by atoms with Gasteiger partial charge in [0.2, 0.25) is 0 Å². The minimum absolute atomic E-state index is 0.0660. The van der Waals surface area contributed by atoms with E-state index in [0.29, 0.717) is 0 Å². The molecule has 0 heterocycles. The first-order valence-electron chi connectivity index (χ1n) is 3.67. The molecule has 1 atom stereocenters. The lowest BCUT2D eigenvalue weighted by atomic mass is 9.87. The van der Waals surface area contributed by atoms with Gasteiger partial charge in [-0.2, -0.15) is 0 Å². The fourth-order valence-electron chi connectivity index (χ4n) is 1.05. The second-order valence-electron chi connectivity index (χ2n) is 2.67. The van der Waals surface area contributed by atoms with Crippen molar-refractivity contribution in [3.63, 3.8) is 0 Å². The SMILES string of the molecule is BC1=CCC(C(=O)OC)C=C1. The Hall–Kier alpha value is -0.985. The van der Waals surface area contributed by atoms with Crippen LogP contribution in [0.3, 0.4) is 0 Å². The first-order valence-corrected chi connectivity index (χ1v) is 3.67. The van der Waals surface area contributed by atoms with E-state index >= 15 is 0 Å². The van der Waals surface area contributed by atoms with Gasteiger partial charge in [-0.15, -0.1) is 0 Å². The molecule has 0 amide bonds. The number of esters is 1. The van der Waals surface area contributed by atoms with E-state index in [9.17, 15) is 4.79 Å². The molecule has 2 nitrogen and oxygen atoms in total. The van der Waals surface area contributed by atoms with E-state index in [1.807, 2.05) is 26.1 Å². The molecule has 0 saturated carbocycles. The fraction of sp³-hybridized carbons (Fsp3) is 0.375. The van der Waals surface area contributed by atoms with Gasteiger partial charge in [-0.25, -0.2) is 0 Å². The summed E-state index contributed by atoms with van der Waals surface area (Å²) in [6, 6.07) is 0. The summed E-state index contributed by atoms with van der Waals surface area (Å²) in [4.78, 5) is 11.0. The quantitative estimate of drug-likeness (QED) is 0.395. The van der Waals surface area contributed by atoms with E-state index in [1.54, 1.807) is 0 Å². The Kier molecular flexibility index (Phi) is 2.52. The van der Waals surface area contributed by atoms with Crippen LogP contribution >= 0.6 is 0 Å². The zero-order valence-corrected chi connectivity index (χ0v) is 6.83. The minimum atomic E-state index is -0.148.